The highest BCUT2D eigenvalue weighted by atomic mass is 32.1. The SMILES string of the molecule is COCCNCC(Cc1ccc(C)cc1)Cc1nccs1. The molecule has 0 aliphatic rings. The molecule has 1 unspecified atom stereocenters. The predicted molar refractivity (Wildman–Crippen MR) is 88.9 cm³/mol. The van der Waals surface area contributed by atoms with Crippen molar-refractivity contribution in [2.45, 2.75) is 19.8 Å². The van der Waals surface area contributed by atoms with Crippen molar-refractivity contribution in [2.75, 3.05) is 26.8 Å². The summed E-state index contributed by atoms with van der Waals surface area (Å²) < 4.78 is 5.09. The lowest BCUT2D eigenvalue weighted by Gasteiger charge is -2.17. The summed E-state index contributed by atoms with van der Waals surface area (Å²) >= 11 is 1.74. The number of aryl methyl sites for hydroxylation is 1. The molecular weight excluding hydrogens is 280 g/mol. The third kappa shape index (κ3) is 5.96. The van der Waals surface area contributed by atoms with Crippen LogP contribution in [0.2, 0.25) is 0 Å². The molecule has 0 saturated heterocycles. The van der Waals surface area contributed by atoms with Crippen molar-refractivity contribution in [3.8, 4) is 0 Å². The average molecular weight is 304 g/mol. The van der Waals surface area contributed by atoms with Gasteiger partial charge in [-0.15, -0.1) is 11.3 Å². The van der Waals surface area contributed by atoms with Crippen LogP contribution in [0.15, 0.2) is 35.8 Å². The molecule has 0 bridgehead atoms. The highest BCUT2D eigenvalue weighted by Gasteiger charge is 2.12. The smallest absolute Gasteiger partial charge is 0.0928 e. The van der Waals surface area contributed by atoms with Crippen LogP contribution in [-0.2, 0) is 17.6 Å². The van der Waals surface area contributed by atoms with Gasteiger partial charge < -0.3 is 10.1 Å². The maximum atomic E-state index is 5.09. The van der Waals surface area contributed by atoms with Gasteiger partial charge in [0.25, 0.3) is 0 Å². The van der Waals surface area contributed by atoms with Crippen molar-refractivity contribution in [1.82, 2.24) is 10.3 Å². The van der Waals surface area contributed by atoms with E-state index < -0.39 is 0 Å². The Labute approximate surface area is 131 Å². The summed E-state index contributed by atoms with van der Waals surface area (Å²) in [6, 6.07) is 8.85. The third-order valence-electron chi connectivity index (χ3n) is 3.51. The van der Waals surface area contributed by atoms with Gasteiger partial charge in [0.2, 0.25) is 0 Å². The van der Waals surface area contributed by atoms with Crippen molar-refractivity contribution >= 4 is 11.3 Å². The van der Waals surface area contributed by atoms with Gasteiger partial charge in [-0.05, 0) is 31.4 Å². The number of methoxy groups -OCH3 is 1. The van der Waals surface area contributed by atoms with Gasteiger partial charge in [-0.2, -0.15) is 0 Å². The Morgan fingerprint density at radius 3 is 2.71 bits per heavy atom. The van der Waals surface area contributed by atoms with E-state index in [0.717, 1.165) is 32.5 Å². The first-order chi connectivity index (χ1) is 10.3. The van der Waals surface area contributed by atoms with E-state index in [-0.39, 0.29) is 0 Å². The molecule has 1 atom stereocenters. The Hall–Kier alpha value is -1.23. The molecule has 0 amide bonds. The number of thiazole rings is 1. The minimum atomic E-state index is 0.565. The molecule has 0 aliphatic carbocycles. The number of ether oxygens (including phenoxy) is 1. The quantitative estimate of drug-likeness (QED) is 0.723. The Morgan fingerprint density at radius 2 is 2.05 bits per heavy atom. The van der Waals surface area contributed by atoms with Crippen LogP contribution in [0.4, 0.5) is 0 Å². The monoisotopic (exact) mass is 304 g/mol. The lowest BCUT2D eigenvalue weighted by atomic mass is 9.95. The molecule has 2 aromatic rings. The fourth-order valence-corrected chi connectivity index (χ4v) is 3.09. The van der Waals surface area contributed by atoms with Crippen LogP contribution >= 0.6 is 11.3 Å². The second-order valence-electron chi connectivity index (χ2n) is 5.38. The number of nitrogens with one attached hydrogen (secondary N) is 1. The molecule has 1 N–H and O–H groups in total. The molecule has 1 aromatic carbocycles. The van der Waals surface area contributed by atoms with E-state index in [2.05, 4.69) is 46.9 Å². The number of benzene rings is 1. The third-order valence-corrected chi connectivity index (χ3v) is 4.31. The van der Waals surface area contributed by atoms with Gasteiger partial charge in [0.05, 0.1) is 11.6 Å². The van der Waals surface area contributed by atoms with E-state index in [0.29, 0.717) is 5.92 Å². The van der Waals surface area contributed by atoms with Gasteiger partial charge in [-0.3, -0.25) is 0 Å². The molecular formula is C17H24N2OS. The lowest BCUT2D eigenvalue weighted by Crippen LogP contribution is -2.28. The zero-order valence-corrected chi connectivity index (χ0v) is 13.7. The molecule has 3 nitrogen and oxygen atoms in total. The topological polar surface area (TPSA) is 34.1 Å². The van der Waals surface area contributed by atoms with Crippen LogP contribution in [0.3, 0.4) is 0 Å². The Morgan fingerprint density at radius 1 is 1.24 bits per heavy atom. The zero-order valence-electron chi connectivity index (χ0n) is 12.8. The van der Waals surface area contributed by atoms with Gasteiger partial charge >= 0.3 is 0 Å². The van der Waals surface area contributed by atoms with Crippen LogP contribution < -0.4 is 5.32 Å². The summed E-state index contributed by atoms with van der Waals surface area (Å²) in [4.78, 5) is 4.42. The summed E-state index contributed by atoms with van der Waals surface area (Å²) in [5.41, 5.74) is 2.71. The van der Waals surface area contributed by atoms with E-state index in [1.807, 2.05) is 6.20 Å². The number of hydrogen-bond donors (Lipinski definition) is 1. The van der Waals surface area contributed by atoms with Crippen LogP contribution in [0.25, 0.3) is 0 Å². The number of aromatic nitrogens is 1. The summed E-state index contributed by atoms with van der Waals surface area (Å²) in [5, 5.41) is 6.76. The number of hydrogen-bond acceptors (Lipinski definition) is 4. The van der Waals surface area contributed by atoms with E-state index in [9.17, 15) is 0 Å². The van der Waals surface area contributed by atoms with E-state index in [1.54, 1.807) is 18.4 Å². The Balaban J connectivity index is 1.91. The largest absolute Gasteiger partial charge is 0.383 e. The molecule has 1 heterocycles. The number of rotatable bonds is 9. The van der Waals surface area contributed by atoms with E-state index in [1.165, 1.54) is 16.1 Å². The summed E-state index contributed by atoms with van der Waals surface area (Å²) in [5.74, 6) is 0.565. The average Bonchev–Trinajstić information content (AvgIpc) is 2.99. The first-order valence-electron chi connectivity index (χ1n) is 7.41. The molecule has 1 aromatic heterocycles. The number of nitrogens with zero attached hydrogens (tertiary/aromatic N) is 1. The van der Waals surface area contributed by atoms with Crippen molar-refractivity contribution < 1.29 is 4.74 Å². The minimum absolute atomic E-state index is 0.565. The van der Waals surface area contributed by atoms with Crippen molar-refractivity contribution in [3.63, 3.8) is 0 Å². The normalized spacial score (nSPS) is 12.5. The van der Waals surface area contributed by atoms with Crippen LogP contribution in [0, 0.1) is 12.8 Å². The molecule has 114 valence electrons. The lowest BCUT2D eigenvalue weighted by molar-refractivity contribution is 0.197. The van der Waals surface area contributed by atoms with Crippen LogP contribution in [-0.4, -0.2) is 31.8 Å². The maximum Gasteiger partial charge on any atom is 0.0928 e. The highest BCUT2D eigenvalue weighted by Crippen LogP contribution is 2.16. The van der Waals surface area contributed by atoms with E-state index >= 15 is 0 Å². The fraction of sp³-hybridized carbons (Fsp3) is 0.471. The predicted octanol–water partition coefficient (Wildman–Crippen LogP) is 3.09. The molecule has 2 rings (SSSR count). The highest BCUT2D eigenvalue weighted by molar-refractivity contribution is 7.09. The van der Waals surface area contributed by atoms with Crippen molar-refractivity contribution in [3.05, 3.63) is 52.0 Å². The zero-order chi connectivity index (χ0) is 14.9. The first kappa shape index (κ1) is 16.1. The standard InChI is InChI=1S/C17H24N2OS/c1-14-3-5-15(6-4-14)11-16(13-18-7-9-20-2)12-17-19-8-10-21-17/h3-6,8,10,16,18H,7,9,11-13H2,1-2H3. The van der Waals surface area contributed by atoms with Gasteiger partial charge in [-0.25, -0.2) is 4.98 Å². The molecule has 0 saturated carbocycles. The molecule has 0 aliphatic heterocycles. The molecule has 0 radical (unpaired) electrons. The fourth-order valence-electron chi connectivity index (χ4n) is 2.36. The first-order valence-corrected chi connectivity index (χ1v) is 8.29. The van der Waals surface area contributed by atoms with Crippen molar-refractivity contribution in [2.24, 2.45) is 5.92 Å². The van der Waals surface area contributed by atoms with Gasteiger partial charge in [0.15, 0.2) is 0 Å². The summed E-state index contributed by atoms with van der Waals surface area (Å²) in [7, 11) is 1.74. The summed E-state index contributed by atoms with van der Waals surface area (Å²) in [6.07, 6.45) is 4.01. The Kier molecular flexibility index (Phi) is 6.86. The van der Waals surface area contributed by atoms with Gasteiger partial charge in [0, 0.05) is 31.7 Å². The van der Waals surface area contributed by atoms with Gasteiger partial charge in [0.1, 0.15) is 0 Å². The van der Waals surface area contributed by atoms with Gasteiger partial charge in [-0.1, -0.05) is 29.8 Å². The second-order valence-corrected chi connectivity index (χ2v) is 6.36. The second kappa shape index (κ2) is 8.93. The molecule has 0 fully saturated rings. The Bertz CT molecular complexity index is 496. The summed E-state index contributed by atoms with van der Waals surface area (Å²) in [6.45, 7) is 4.78. The van der Waals surface area contributed by atoms with Crippen LogP contribution in [0.1, 0.15) is 16.1 Å². The van der Waals surface area contributed by atoms with Crippen molar-refractivity contribution in [1.29, 1.82) is 0 Å². The molecule has 4 heteroatoms. The molecule has 0 spiro atoms. The van der Waals surface area contributed by atoms with Crippen LogP contribution in [0.5, 0.6) is 0 Å². The molecule has 21 heavy (non-hydrogen) atoms. The van der Waals surface area contributed by atoms with E-state index in [4.69, 9.17) is 4.74 Å². The maximum absolute atomic E-state index is 5.09. The minimum Gasteiger partial charge on any atom is -0.383 e.